The van der Waals surface area contributed by atoms with E-state index in [9.17, 15) is 4.79 Å². The lowest BCUT2D eigenvalue weighted by Crippen LogP contribution is -2.13. The first-order valence-corrected chi connectivity index (χ1v) is 6.91. The quantitative estimate of drug-likeness (QED) is 0.801. The maximum absolute atomic E-state index is 12.2. The van der Waals surface area contributed by atoms with E-state index in [0.29, 0.717) is 5.89 Å². The van der Waals surface area contributed by atoms with Gasteiger partial charge in [-0.15, -0.1) is 10.2 Å². The highest BCUT2D eigenvalue weighted by atomic mass is 16.4. The number of aromatic nitrogens is 2. The van der Waals surface area contributed by atoms with Crippen LogP contribution >= 0.6 is 0 Å². The van der Waals surface area contributed by atoms with Gasteiger partial charge in [0.15, 0.2) is 0 Å². The van der Waals surface area contributed by atoms with Crippen molar-refractivity contribution in [3.05, 3.63) is 65.5 Å². The number of benzene rings is 2. The van der Waals surface area contributed by atoms with Gasteiger partial charge in [0, 0.05) is 11.3 Å². The predicted molar refractivity (Wildman–Crippen MR) is 83.6 cm³/mol. The molecular weight excluding hydrogens is 278 g/mol. The second-order valence-electron chi connectivity index (χ2n) is 5.05. The normalized spacial score (nSPS) is 10.5. The molecule has 0 saturated heterocycles. The number of aryl methyl sites for hydroxylation is 2. The molecule has 0 bridgehead atoms. The van der Waals surface area contributed by atoms with E-state index in [4.69, 9.17) is 4.42 Å². The summed E-state index contributed by atoms with van der Waals surface area (Å²) >= 11 is 0. The third-order valence-corrected chi connectivity index (χ3v) is 3.31. The molecule has 3 rings (SSSR count). The van der Waals surface area contributed by atoms with Gasteiger partial charge >= 0.3 is 11.8 Å². The largest absolute Gasteiger partial charge is 0.412 e. The molecule has 0 fully saturated rings. The number of hydrogen-bond donors (Lipinski definition) is 1. The van der Waals surface area contributed by atoms with Crippen LogP contribution in [-0.2, 0) is 0 Å². The van der Waals surface area contributed by atoms with Crippen LogP contribution in [0.3, 0.4) is 0 Å². The van der Waals surface area contributed by atoms with Gasteiger partial charge in [-0.2, -0.15) is 0 Å². The molecule has 0 atom stereocenters. The molecule has 0 radical (unpaired) electrons. The summed E-state index contributed by atoms with van der Waals surface area (Å²) in [5, 5.41) is 10.5. The fourth-order valence-electron chi connectivity index (χ4n) is 2.02. The van der Waals surface area contributed by atoms with E-state index in [-0.39, 0.29) is 5.89 Å². The van der Waals surface area contributed by atoms with Crippen LogP contribution < -0.4 is 5.32 Å². The Bertz CT molecular complexity index is 807. The van der Waals surface area contributed by atoms with Gasteiger partial charge in [-0.3, -0.25) is 4.79 Å². The van der Waals surface area contributed by atoms with E-state index in [2.05, 4.69) is 15.5 Å². The number of rotatable bonds is 3. The van der Waals surface area contributed by atoms with E-state index in [1.54, 1.807) is 0 Å². The van der Waals surface area contributed by atoms with Gasteiger partial charge in [-0.05, 0) is 37.6 Å². The summed E-state index contributed by atoms with van der Waals surface area (Å²) in [5.41, 5.74) is 3.62. The SMILES string of the molecule is Cc1ccc(-c2nnc(C(=O)Nc3ccccc3C)o2)cc1. The molecule has 22 heavy (non-hydrogen) atoms. The first-order chi connectivity index (χ1) is 10.6. The van der Waals surface area contributed by atoms with E-state index in [1.165, 1.54) is 0 Å². The molecule has 1 amide bonds. The monoisotopic (exact) mass is 293 g/mol. The second kappa shape index (κ2) is 5.81. The fourth-order valence-corrected chi connectivity index (χ4v) is 2.02. The minimum absolute atomic E-state index is 0.0566. The number of hydrogen-bond acceptors (Lipinski definition) is 4. The van der Waals surface area contributed by atoms with Crippen molar-refractivity contribution in [2.75, 3.05) is 5.32 Å². The zero-order valence-corrected chi connectivity index (χ0v) is 12.3. The molecule has 1 aromatic heterocycles. The Labute approximate surface area is 128 Å². The van der Waals surface area contributed by atoms with Gasteiger partial charge in [0.25, 0.3) is 0 Å². The molecule has 1 heterocycles. The standard InChI is InChI=1S/C17H15N3O2/c1-11-7-9-13(10-8-11)16-19-20-17(22-16)15(21)18-14-6-4-3-5-12(14)2/h3-10H,1-2H3,(H,18,21). The van der Waals surface area contributed by atoms with Crippen LogP contribution in [-0.4, -0.2) is 16.1 Å². The highest BCUT2D eigenvalue weighted by molar-refractivity contribution is 6.01. The molecule has 0 unspecified atom stereocenters. The van der Waals surface area contributed by atoms with Crippen LogP contribution in [0.25, 0.3) is 11.5 Å². The Hall–Kier alpha value is -2.95. The van der Waals surface area contributed by atoms with Crippen molar-refractivity contribution < 1.29 is 9.21 Å². The van der Waals surface area contributed by atoms with Crippen LogP contribution in [0.4, 0.5) is 5.69 Å². The number of nitrogens with zero attached hydrogens (tertiary/aromatic N) is 2. The summed E-state index contributed by atoms with van der Waals surface area (Å²) in [7, 11) is 0. The van der Waals surface area contributed by atoms with Gasteiger partial charge in [-0.25, -0.2) is 0 Å². The van der Waals surface area contributed by atoms with E-state index in [0.717, 1.165) is 22.4 Å². The zero-order valence-electron chi connectivity index (χ0n) is 12.3. The van der Waals surface area contributed by atoms with Crippen molar-refractivity contribution in [3.63, 3.8) is 0 Å². The van der Waals surface area contributed by atoms with Crippen molar-refractivity contribution in [1.82, 2.24) is 10.2 Å². The minimum atomic E-state index is -0.417. The number of nitrogens with one attached hydrogen (secondary N) is 1. The molecular formula is C17H15N3O2. The van der Waals surface area contributed by atoms with Gasteiger partial charge in [0.2, 0.25) is 5.89 Å². The fraction of sp³-hybridized carbons (Fsp3) is 0.118. The lowest BCUT2D eigenvalue weighted by molar-refractivity contribution is 0.0990. The van der Waals surface area contributed by atoms with Crippen molar-refractivity contribution in [1.29, 1.82) is 0 Å². The highest BCUT2D eigenvalue weighted by Gasteiger charge is 2.16. The molecule has 5 heteroatoms. The van der Waals surface area contributed by atoms with Crippen molar-refractivity contribution >= 4 is 11.6 Å². The van der Waals surface area contributed by atoms with Gasteiger partial charge in [-0.1, -0.05) is 35.9 Å². The molecule has 0 aliphatic heterocycles. The third kappa shape index (κ3) is 2.88. The summed E-state index contributed by atoms with van der Waals surface area (Å²) in [4.78, 5) is 12.2. The second-order valence-corrected chi connectivity index (χ2v) is 5.05. The summed E-state index contributed by atoms with van der Waals surface area (Å²) < 4.78 is 5.45. The molecule has 1 N–H and O–H groups in total. The van der Waals surface area contributed by atoms with Crippen LogP contribution in [0.2, 0.25) is 0 Å². The maximum Gasteiger partial charge on any atom is 0.313 e. The average molecular weight is 293 g/mol. The Kier molecular flexibility index (Phi) is 3.70. The summed E-state index contributed by atoms with van der Waals surface area (Å²) in [6.45, 7) is 3.92. The molecule has 0 spiro atoms. The minimum Gasteiger partial charge on any atom is -0.412 e. The van der Waals surface area contributed by atoms with Crippen LogP contribution in [0, 0.1) is 13.8 Å². The topological polar surface area (TPSA) is 68.0 Å². The smallest absolute Gasteiger partial charge is 0.313 e. The molecule has 2 aromatic carbocycles. The molecule has 0 aliphatic rings. The number of amides is 1. The lowest BCUT2D eigenvalue weighted by Gasteiger charge is -2.05. The van der Waals surface area contributed by atoms with Crippen LogP contribution in [0.1, 0.15) is 21.8 Å². The van der Waals surface area contributed by atoms with Crippen molar-refractivity contribution in [3.8, 4) is 11.5 Å². The van der Waals surface area contributed by atoms with E-state index in [1.807, 2.05) is 62.4 Å². The summed E-state index contributed by atoms with van der Waals surface area (Å²) in [6.07, 6.45) is 0. The first kappa shape index (κ1) is 14.0. The maximum atomic E-state index is 12.2. The number of carbonyl (C=O) groups excluding carboxylic acids is 1. The molecule has 0 saturated carbocycles. The average Bonchev–Trinajstić information content (AvgIpc) is 3.00. The predicted octanol–water partition coefficient (Wildman–Crippen LogP) is 3.61. The number of carbonyl (C=O) groups is 1. The van der Waals surface area contributed by atoms with Crippen molar-refractivity contribution in [2.45, 2.75) is 13.8 Å². The third-order valence-electron chi connectivity index (χ3n) is 3.31. The molecule has 3 aromatic rings. The first-order valence-electron chi connectivity index (χ1n) is 6.91. The van der Waals surface area contributed by atoms with Gasteiger partial charge in [0.05, 0.1) is 0 Å². The molecule has 0 aliphatic carbocycles. The summed E-state index contributed by atoms with van der Waals surface area (Å²) in [5.74, 6) is -0.145. The lowest BCUT2D eigenvalue weighted by atomic mass is 10.1. The number of anilines is 1. The van der Waals surface area contributed by atoms with Gasteiger partial charge < -0.3 is 9.73 Å². The Morgan fingerprint density at radius 1 is 1.00 bits per heavy atom. The molecule has 5 nitrogen and oxygen atoms in total. The highest BCUT2D eigenvalue weighted by Crippen LogP contribution is 2.19. The molecule has 110 valence electrons. The van der Waals surface area contributed by atoms with Crippen LogP contribution in [0.5, 0.6) is 0 Å². The Morgan fingerprint density at radius 3 is 2.45 bits per heavy atom. The number of para-hydroxylation sites is 1. The van der Waals surface area contributed by atoms with Crippen LogP contribution in [0.15, 0.2) is 52.9 Å². The Morgan fingerprint density at radius 2 is 1.73 bits per heavy atom. The summed E-state index contributed by atoms with van der Waals surface area (Å²) in [6, 6.07) is 15.2. The van der Waals surface area contributed by atoms with E-state index >= 15 is 0 Å². The van der Waals surface area contributed by atoms with Crippen molar-refractivity contribution in [2.24, 2.45) is 0 Å². The van der Waals surface area contributed by atoms with Gasteiger partial charge in [0.1, 0.15) is 0 Å². The Balaban J connectivity index is 1.80. The zero-order chi connectivity index (χ0) is 15.5. The van der Waals surface area contributed by atoms with E-state index < -0.39 is 5.91 Å².